The predicted molar refractivity (Wildman–Crippen MR) is 70.6 cm³/mol. The van der Waals surface area contributed by atoms with Gasteiger partial charge in [-0.2, -0.15) is 0 Å². The van der Waals surface area contributed by atoms with Crippen molar-refractivity contribution in [3.8, 4) is 0 Å². The fourth-order valence-corrected chi connectivity index (χ4v) is 3.57. The van der Waals surface area contributed by atoms with Crippen molar-refractivity contribution in [1.29, 1.82) is 0 Å². The van der Waals surface area contributed by atoms with Gasteiger partial charge in [0.05, 0.1) is 0 Å². The van der Waals surface area contributed by atoms with Crippen molar-refractivity contribution in [2.45, 2.75) is 43.8 Å². The van der Waals surface area contributed by atoms with Crippen molar-refractivity contribution in [1.82, 2.24) is 20.4 Å². The number of carbonyl (C=O) groups excluding carboxylic acids is 1. The minimum atomic E-state index is 0.105. The molecule has 0 aromatic heterocycles. The van der Waals surface area contributed by atoms with E-state index >= 15 is 0 Å². The molecule has 3 heterocycles. The Balaban J connectivity index is 1.46. The number of fused-ring (bicyclic) bond motifs is 2. The molecule has 2 unspecified atom stereocenters. The number of rotatable bonds is 4. The first kappa shape index (κ1) is 12.2. The summed E-state index contributed by atoms with van der Waals surface area (Å²) in [4.78, 5) is 15.8. The minimum absolute atomic E-state index is 0.105. The Morgan fingerprint density at radius 3 is 2.67 bits per heavy atom. The van der Waals surface area contributed by atoms with Crippen LogP contribution in [0.25, 0.3) is 0 Å². The van der Waals surface area contributed by atoms with E-state index in [1.807, 2.05) is 4.90 Å². The summed E-state index contributed by atoms with van der Waals surface area (Å²) in [6.45, 7) is 3.53. The van der Waals surface area contributed by atoms with E-state index in [4.69, 9.17) is 0 Å². The van der Waals surface area contributed by atoms with E-state index in [-0.39, 0.29) is 6.03 Å². The molecule has 18 heavy (non-hydrogen) atoms. The summed E-state index contributed by atoms with van der Waals surface area (Å²) in [5.41, 5.74) is 0. The van der Waals surface area contributed by atoms with E-state index in [1.54, 1.807) is 0 Å². The van der Waals surface area contributed by atoms with Gasteiger partial charge in [0.15, 0.2) is 0 Å². The number of amides is 2. The molecule has 102 valence electrons. The monoisotopic (exact) mass is 252 g/mol. The lowest BCUT2D eigenvalue weighted by molar-refractivity contribution is 0.156. The van der Waals surface area contributed by atoms with Gasteiger partial charge in [-0.15, -0.1) is 0 Å². The summed E-state index contributed by atoms with van der Waals surface area (Å²) < 4.78 is 0. The van der Waals surface area contributed by atoms with Gasteiger partial charge >= 0.3 is 6.03 Å². The van der Waals surface area contributed by atoms with Crippen LogP contribution in [-0.2, 0) is 0 Å². The van der Waals surface area contributed by atoms with Crippen LogP contribution in [0.2, 0.25) is 0 Å². The topological polar surface area (TPSA) is 47.6 Å². The van der Waals surface area contributed by atoms with Crippen molar-refractivity contribution in [2.24, 2.45) is 0 Å². The van der Waals surface area contributed by atoms with Gasteiger partial charge in [-0.3, -0.25) is 0 Å². The first-order valence-electron chi connectivity index (χ1n) is 7.21. The lowest BCUT2D eigenvalue weighted by Crippen LogP contribution is -2.48. The van der Waals surface area contributed by atoms with Crippen LogP contribution in [-0.4, -0.2) is 67.2 Å². The Labute approximate surface area is 109 Å². The Morgan fingerprint density at radius 2 is 2.06 bits per heavy atom. The molecule has 5 nitrogen and oxygen atoms in total. The van der Waals surface area contributed by atoms with Crippen molar-refractivity contribution in [2.75, 3.05) is 33.2 Å². The lowest BCUT2D eigenvalue weighted by Gasteiger charge is -2.36. The van der Waals surface area contributed by atoms with Crippen LogP contribution in [0.3, 0.4) is 0 Å². The molecule has 3 fully saturated rings. The standard InChI is InChI=1S/C13H24N4O/c1-16(6-7-17-5-4-14-13(17)18)12-8-10-2-3-11(9-12)15-10/h10-12,15H,2-9H2,1H3,(H,14,18). The molecule has 2 amide bonds. The Kier molecular flexibility index (Phi) is 3.43. The van der Waals surface area contributed by atoms with Gasteiger partial charge in [0, 0.05) is 44.3 Å². The Hall–Kier alpha value is -0.810. The highest BCUT2D eigenvalue weighted by Gasteiger charge is 2.35. The highest BCUT2D eigenvalue weighted by molar-refractivity contribution is 5.76. The van der Waals surface area contributed by atoms with Crippen molar-refractivity contribution >= 4 is 6.03 Å². The molecule has 3 aliphatic heterocycles. The quantitative estimate of drug-likeness (QED) is 0.753. The predicted octanol–water partition coefficient (Wildman–Crippen LogP) is 0.226. The molecule has 3 saturated heterocycles. The number of likely N-dealkylation sites (N-methyl/N-ethyl adjacent to an activating group) is 1. The third-order valence-corrected chi connectivity index (χ3v) is 4.74. The van der Waals surface area contributed by atoms with Gasteiger partial charge in [0.25, 0.3) is 0 Å². The number of urea groups is 1. The van der Waals surface area contributed by atoms with Crippen LogP contribution in [0.1, 0.15) is 25.7 Å². The van der Waals surface area contributed by atoms with Crippen LogP contribution in [0.15, 0.2) is 0 Å². The fourth-order valence-electron chi connectivity index (χ4n) is 3.57. The Bertz CT molecular complexity index is 310. The van der Waals surface area contributed by atoms with Crippen LogP contribution >= 0.6 is 0 Å². The zero-order valence-electron chi connectivity index (χ0n) is 11.2. The van der Waals surface area contributed by atoms with Gasteiger partial charge in [0.2, 0.25) is 0 Å². The molecule has 3 rings (SSSR count). The van der Waals surface area contributed by atoms with E-state index in [1.165, 1.54) is 25.7 Å². The van der Waals surface area contributed by atoms with Crippen molar-refractivity contribution in [3.63, 3.8) is 0 Å². The average molecular weight is 252 g/mol. The maximum atomic E-state index is 11.5. The second kappa shape index (κ2) is 5.05. The van der Waals surface area contributed by atoms with Gasteiger partial charge in [-0.05, 0) is 32.7 Å². The highest BCUT2D eigenvalue weighted by atomic mass is 16.2. The van der Waals surface area contributed by atoms with Crippen LogP contribution in [0.5, 0.6) is 0 Å². The van der Waals surface area contributed by atoms with Crippen LogP contribution in [0, 0.1) is 0 Å². The maximum absolute atomic E-state index is 11.5. The summed E-state index contributed by atoms with van der Waals surface area (Å²) in [5.74, 6) is 0. The SMILES string of the molecule is CN(CCN1CCNC1=O)C1CC2CCC(C1)N2. The first-order chi connectivity index (χ1) is 8.72. The lowest BCUT2D eigenvalue weighted by atomic mass is 9.98. The van der Waals surface area contributed by atoms with Gasteiger partial charge in [0.1, 0.15) is 0 Å². The van der Waals surface area contributed by atoms with Gasteiger partial charge in [-0.25, -0.2) is 4.79 Å². The number of hydrogen-bond donors (Lipinski definition) is 2. The molecule has 0 aromatic rings. The average Bonchev–Trinajstić information content (AvgIpc) is 2.92. The van der Waals surface area contributed by atoms with Gasteiger partial charge < -0.3 is 20.4 Å². The highest BCUT2D eigenvalue weighted by Crippen LogP contribution is 2.29. The summed E-state index contributed by atoms with van der Waals surface area (Å²) in [7, 11) is 2.21. The molecule has 0 aliphatic carbocycles. The third kappa shape index (κ3) is 2.47. The Morgan fingerprint density at radius 1 is 1.33 bits per heavy atom. The molecule has 5 heteroatoms. The van der Waals surface area contributed by atoms with Crippen molar-refractivity contribution < 1.29 is 4.79 Å². The van der Waals surface area contributed by atoms with Crippen molar-refractivity contribution in [3.05, 3.63) is 0 Å². The molecule has 0 radical (unpaired) electrons. The molecule has 0 saturated carbocycles. The van der Waals surface area contributed by atoms with E-state index in [2.05, 4.69) is 22.6 Å². The molecule has 2 atom stereocenters. The van der Waals surface area contributed by atoms with Gasteiger partial charge in [-0.1, -0.05) is 0 Å². The zero-order valence-corrected chi connectivity index (χ0v) is 11.2. The number of piperidine rings is 1. The van der Waals surface area contributed by atoms with Crippen LogP contribution < -0.4 is 10.6 Å². The van der Waals surface area contributed by atoms with E-state index in [0.717, 1.165) is 38.3 Å². The maximum Gasteiger partial charge on any atom is 0.317 e. The first-order valence-corrected chi connectivity index (χ1v) is 7.21. The van der Waals surface area contributed by atoms with E-state index < -0.39 is 0 Å². The number of nitrogens with one attached hydrogen (secondary N) is 2. The summed E-state index contributed by atoms with van der Waals surface area (Å²) in [6, 6.07) is 2.29. The molecule has 3 aliphatic rings. The number of nitrogens with zero attached hydrogens (tertiary/aromatic N) is 2. The molecule has 2 N–H and O–H groups in total. The minimum Gasteiger partial charge on any atom is -0.336 e. The molecule has 0 aromatic carbocycles. The molecule has 0 spiro atoms. The van der Waals surface area contributed by atoms with E-state index in [9.17, 15) is 4.79 Å². The second-order valence-electron chi connectivity index (χ2n) is 5.96. The molecular formula is C13H24N4O. The van der Waals surface area contributed by atoms with E-state index in [0.29, 0.717) is 6.04 Å². The van der Waals surface area contributed by atoms with Crippen LogP contribution in [0.4, 0.5) is 4.79 Å². The number of hydrogen-bond acceptors (Lipinski definition) is 3. The number of carbonyl (C=O) groups is 1. The summed E-state index contributed by atoms with van der Waals surface area (Å²) in [5, 5.41) is 6.53. The zero-order chi connectivity index (χ0) is 12.5. The molecule has 2 bridgehead atoms. The normalized spacial score (nSPS) is 35.3. The largest absolute Gasteiger partial charge is 0.336 e. The summed E-state index contributed by atoms with van der Waals surface area (Å²) in [6.07, 6.45) is 5.26. The fraction of sp³-hybridized carbons (Fsp3) is 0.923. The third-order valence-electron chi connectivity index (χ3n) is 4.74. The summed E-state index contributed by atoms with van der Waals surface area (Å²) >= 11 is 0. The second-order valence-corrected chi connectivity index (χ2v) is 5.96. The molecular weight excluding hydrogens is 228 g/mol. The smallest absolute Gasteiger partial charge is 0.317 e.